The van der Waals surface area contributed by atoms with E-state index in [9.17, 15) is 0 Å². The van der Waals surface area contributed by atoms with E-state index in [1.54, 1.807) is 0 Å². The summed E-state index contributed by atoms with van der Waals surface area (Å²) in [6, 6.07) is 8.65. The largest absolute Gasteiger partial charge is 0.492 e. The highest BCUT2D eigenvalue weighted by Gasteiger charge is 2.05. The van der Waals surface area contributed by atoms with Crippen LogP contribution in [0.3, 0.4) is 0 Å². The number of hydrogen-bond donors (Lipinski definition) is 1. The molecule has 1 N–H and O–H groups in total. The number of para-hydroxylation sites is 1. The Labute approximate surface area is 111 Å². The van der Waals surface area contributed by atoms with Gasteiger partial charge in [0, 0.05) is 18.2 Å². The van der Waals surface area contributed by atoms with Crippen LogP contribution in [0.5, 0.6) is 5.75 Å². The molecule has 1 rings (SSSR count). The Morgan fingerprint density at radius 1 is 1.22 bits per heavy atom. The van der Waals surface area contributed by atoms with Gasteiger partial charge in [-0.1, -0.05) is 44.2 Å². The first-order valence-corrected chi connectivity index (χ1v) is 6.73. The second-order valence-corrected chi connectivity index (χ2v) is 4.87. The maximum absolute atomic E-state index is 5.81. The lowest BCUT2D eigenvalue weighted by molar-refractivity contribution is 0.296. The van der Waals surface area contributed by atoms with Crippen molar-refractivity contribution in [3.8, 4) is 5.75 Å². The maximum atomic E-state index is 5.81. The molecule has 100 valence electrons. The summed E-state index contributed by atoms with van der Waals surface area (Å²) in [5.41, 5.74) is 1.14. The van der Waals surface area contributed by atoms with E-state index in [-0.39, 0.29) is 0 Å². The van der Waals surface area contributed by atoms with Crippen molar-refractivity contribution in [3.63, 3.8) is 0 Å². The van der Waals surface area contributed by atoms with Gasteiger partial charge >= 0.3 is 0 Å². The van der Waals surface area contributed by atoms with Crippen LogP contribution >= 0.6 is 0 Å². The maximum Gasteiger partial charge on any atom is 0.126 e. The molecule has 0 bridgehead atoms. The van der Waals surface area contributed by atoms with Crippen LogP contribution in [-0.2, 0) is 0 Å². The van der Waals surface area contributed by atoms with E-state index in [4.69, 9.17) is 4.74 Å². The van der Waals surface area contributed by atoms with Gasteiger partial charge in [0.2, 0.25) is 0 Å². The molecule has 0 radical (unpaired) electrons. The first kappa shape index (κ1) is 14.8. The summed E-state index contributed by atoms with van der Waals surface area (Å²) < 4.78 is 5.81. The Bertz CT molecular complexity index is 371. The van der Waals surface area contributed by atoms with Crippen molar-refractivity contribution in [1.82, 2.24) is 5.32 Å². The lowest BCUT2D eigenvalue weighted by atomic mass is 10.1. The standard InChI is InChI=1S/C16H25NO/c1-5-8-15-9-6-7-10-16(15)18-12-11-17-14(4)13(2)3/h5-10,13-14,17H,11-12H2,1-4H3. The van der Waals surface area contributed by atoms with Gasteiger partial charge in [-0.15, -0.1) is 0 Å². The quantitative estimate of drug-likeness (QED) is 0.741. The van der Waals surface area contributed by atoms with Crippen molar-refractivity contribution in [2.45, 2.75) is 33.7 Å². The summed E-state index contributed by atoms with van der Waals surface area (Å²) in [6.07, 6.45) is 4.10. The fraction of sp³-hybridized carbons (Fsp3) is 0.500. The molecule has 0 spiro atoms. The molecule has 2 nitrogen and oxygen atoms in total. The Hall–Kier alpha value is -1.28. The third-order valence-electron chi connectivity index (χ3n) is 3.09. The molecule has 0 aromatic heterocycles. The summed E-state index contributed by atoms with van der Waals surface area (Å²) >= 11 is 0. The third kappa shape index (κ3) is 4.92. The van der Waals surface area contributed by atoms with E-state index in [0.29, 0.717) is 18.6 Å². The van der Waals surface area contributed by atoms with Crippen molar-refractivity contribution in [2.75, 3.05) is 13.2 Å². The Morgan fingerprint density at radius 2 is 1.94 bits per heavy atom. The van der Waals surface area contributed by atoms with Gasteiger partial charge in [0.15, 0.2) is 0 Å². The van der Waals surface area contributed by atoms with Gasteiger partial charge in [0.1, 0.15) is 12.4 Å². The summed E-state index contributed by atoms with van der Waals surface area (Å²) in [5.74, 6) is 1.61. The molecule has 0 saturated carbocycles. The number of nitrogens with one attached hydrogen (secondary N) is 1. The summed E-state index contributed by atoms with van der Waals surface area (Å²) in [4.78, 5) is 0. The number of allylic oxidation sites excluding steroid dienone is 1. The number of hydrogen-bond acceptors (Lipinski definition) is 2. The molecule has 0 aliphatic heterocycles. The third-order valence-corrected chi connectivity index (χ3v) is 3.09. The number of benzene rings is 1. The van der Waals surface area contributed by atoms with Gasteiger partial charge in [0.05, 0.1) is 0 Å². The first-order chi connectivity index (χ1) is 8.65. The zero-order valence-corrected chi connectivity index (χ0v) is 11.9. The SMILES string of the molecule is CC=Cc1ccccc1OCCNC(C)C(C)C. The van der Waals surface area contributed by atoms with Crippen LogP contribution in [-0.4, -0.2) is 19.2 Å². The molecule has 2 heteroatoms. The second kappa shape index (κ2) is 7.93. The van der Waals surface area contributed by atoms with Gasteiger partial charge in [0.25, 0.3) is 0 Å². The molecule has 1 atom stereocenters. The minimum absolute atomic E-state index is 0.527. The van der Waals surface area contributed by atoms with E-state index in [1.165, 1.54) is 0 Å². The highest BCUT2D eigenvalue weighted by molar-refractivity contribution is 5.56. The van der Waals surface area contributed by atoms with Crippen molar-refractivity contribution < 1.29 is 4.74 Å². The minimum Gasteiger partial charge on any atom is -0.492 e. The summed E-state index contributed by atoms with van der Waals surface area (Å²) in [6.45, 7) is 10.2. The first-order valence-electron chi connectivity index (χ1n) is 6.73. The normalized spacial score (nSPS) is 13.2. The zero-order valence-electron chi connectivity index (χ0n) is 11.9. The van der Waals surface area contributed by atoms with E-state index in [0.717, 1.165) is 17.9 Å². The van der Waals surface area contributed by atoms with E-state index >= 15 is 0 Å². The van der Waals surface area contributed by atoms with Crippen LogP contribution in [0.15, 0.2) is 30.3 Å². The van der Waals surface area contributed by atoms with Gasteiger partial charge < -0.3 is 10.1 Å². The van der Waals surface area contributed by atoms with Crippen LogP contribution in [0.25, 0.3) is 6.08 Å². The molecule has 0 amide bonds. The topological polar surface area (TPSA) is 21.3 Å². The molecule has 1 unspecified atom stereocenters. The second-order valence-electron chi connectivity index (χ2n) is 4.87. The van der Waals surface area contributed by atoms with Crippen molar-refractivity contribution in [2.24, 2.45) is 5.92 Å². The average molecular weight is 247 g/mol. The fourth-order valence-corrected chi connectivity index (χ4v) is 1.61. The lowest BCUT2D eigenvalue weighted by Crippen LogP contribution is -2.33. The van der Waals surface area contributed by atoms with Gasteiger partial charge in [-0.25, -0.2) is 0 Å². The van der Waals surface area contributed by atoms with E-state index in [1.807, 2.05) is 31.2 Å². The fourth-order valence-electron chi connectivity index (χ4n) is 1.61. The summed E-state index contributed by atoms with van der Waals surface area (Å²) in [7, 11) is 0. The van der Waals surface area contributed by atoms with Crippen molar-refractivity contribution in [1.29, 1.82) is 0 Å². The lowest BCUT2D eigenvalue weighted by Gasteiger charge is -2.17. The van der Waals surface area contributed by atoms with Gasteiger partial charge in [-0.2, -0.15) is 0 Å². The molecule has 0 saturated heterocycles. The van der Waals surface area contributed by atoms with Crippen molar-refractivity contribution >= 4 is 6.08 Å². The Balaban J connectivity index is 2.40. The summed E-state index contributed by atoms with van der Waals surface area (Å²) in [5, 5.41) is 3.46. The molecule has 0 fully saturated rings. The van der Waals surface area contributed by atoms with Crippen LogP contribution in [0, 0.1) is 5.92 Å². The predicted molar refractivity (Wildman–Crippen MR) is 78.9 cm³/mol. The Kier molecular flexibility index (Phi) is 6.51. The molecular formula is C16H25NO. The average Bonchev–Trinajstić information content (AvgIpc) is 2.36. The molecular weight excluding hydrogens is 222 g/mol. The molecule has 1 aromatic rings. The highest BCUT2D eigenvalue weighted by atomic mass is 16.5. The zero-order chi connectivity index (χ0) is 13.4. The van der Waals surface area contributed by atoms with Gasteiger partial charge in [-0.3, -0.25) is 0 Å². The van der Waals surface area contributed by atoms with Gasteiger partial charge in [-0.05, 0) is 25.8 Å². The monoisotopic (exact) mass is 247 g/mol. The van der Waals surface area contributed by atoms with Crippen molar-refractivity contribution in [3.05, 3.63) is 35.9 Å². The minimum atomic E-state index is 0.527. The molecule has 0 aliphatic carbocycles. The highest BCUT2D eigenvalue weighted by Crippen LogP contribution is 2.19. The van der Waals surface area contributed by atoms with Crippen LogP contribution in [0.1, 0.15) is 33.3 Å². The molecule has 18 heavy (non-hydrogen) atoms. The van der Waals surface area contributed by atoms with Crippen LogP contribution < -0.4 is 10.1 Å². The van der Waals surface area contributed by atoms with E-state index in [2.05, 4.69) is 38.2 Å². The molecule has 0 aliphatic rings. The Morgan fingerprint density at radius 3 is 2.61 bits per heavy atom. The predicted octanol–water partition coefficient (Wildman–Crippen LogP) is 3.73. The van der Waals surface area contributed by atoms with E-state index < -0.39 is 0 Å². The number of ether oxygens (including phenoxy) is 1. The molecule has 0 heterocycles. The number of rotatable bonds is 7. The van der Waals surface area contributed by atoms with Crippen LogP contribution in [0.4, 0.5) is 0 Å². The smallest absolute Gasteiger partial charge is 0.126 e. The molecule has 1 aromatic carbocycles. The van der Waals surface area contributed by atoms with Crippen LogP contribution in [0.2, 0.25) is 0 Å².